The molecule has 1 aliphatic heterocycles. The lowest BCUT2D eigenvalue weighted by atomic mass is 10.0. The van der Waals surface area contributed by atoms with Gasteiger partial charge in [0, 0.05) is 11.8 Å². The van der Waals surface area contributed by atoms with Gasteiger partial charge in [-0.05, 0) is 54.3 Å². The van der Waals surface area contributed by atoms with E-state index in [9.17, 15) is 0 Å². The van der Waals surface area contributed by atoms with Gasteiger partial charge in [0.15, 0.2) is 8.07 Å². The van der Waals surface area contributed by atoms with Crippen LogP contribution in [-0.2, 0) is 0 Å². The lowest BCUT2D eigenvalue weighted by Crippen LogP contribution is -2.72. The van der Waals surface area contributed by atoms with Crippen LogP contribution in [0.15, 0.2) is 146 Å². The third-order valence-electron chi connectivity index (χ3n) is 8.55. The Morgan fingerprint density at radius 2 is 1.05 bits per heavy atom. The predicted octanol–water partition coefficient (Wildman–Crippen LogP) is 6.32. The van der Waals surface area contributed by atoms with E-state index in [-0.39, 0.29) is 0 Å². The average molecular weight is 560 g/mol. The minimum Gasteiger partial charge on any atom is -0.256 e. The van der Waals surface area contributed by atoms with Crippen LogP contribution >= 0.6 is 0 Å². The zero-order valence-corrected chi connectivity index (χ0v) is 25.8. The van der Waals surface area contributed by atoms with Gasteiger partial charge in [-0.25, -0.2) is 0 Å². The maximum absolute atomic E-state index is 5.12. The standard InChI is InChI=1S/C38H33NSi2/c1-40(2,3)38-27-39-35(26-34(38)28-15-7-4-8-16-28)29-23-24-33-32-21-13-14-22-36(32)41(37(33)25-29,30-17-9-5-10-18-30)31-19-11-6-12-20-31/h4-27H,1-3H3. The van der Waals surface area contributed by atoms with Crippen LogP contribution in [0.1, 0.15) is 0 Å². The van der Waals surface area contributed by atoms with Crippen molar-refractivity contribution in [1.82, 2.24) is 4.98 Å². The topological polar surface area (TPSA) is 12.9 Å². The average Bonchev–Trinajstić information content (AvgIpc) is 3.32. The van der Waals surface area contributed by atoms with E-state index in [1.807, 2.05) is 0 Å². The molecule has 41 heavy (non-hydrogen) atoms. The highest BCUT2D eigenvalue weighted by Crippen LogP contribution is 2.32. The molecule has 7 rings (SSSR count). The van der Waals surface area contributed by atoms with Crippen molar-refractivity contribution in [1.29, 1.82) is 0 Å². The molecule has 1 nitrogen and oxygen atoms in total. The maximum Gasteiger partial charge on any atom is 0.180 e. The van der Waals surface area contributed by atoms with Crippen LogP contribution in [0.2, 0.25) is 19.6 Å². The highest BCUT2D eigenvalue weighted by molar-refractivity contribution is 7.22. The molecule has 0 N–H and O–H groups in total. The van der Waals surface area contributed by atoms with E-state index < -0.39 is 16.1 Å². The molecule has 0 atom stereocenters. The van der Waals surface area contributed by atoms with Crippen LogP contribution in [0.5, 0.6) is 0 Å². The summed E-state index contributed by atoms with van der Waals surface area (Å²) in [6.45, 7) is 7.22. The van der Waals surface area contributed by atoms with Crippen molar-refractivity contribution in [3.05, 3.63) is 146 Å². The molecule has 0 unspecified atom stereocenters. The first-order valence-corrected chi connectivity index (χ1v) is 19.9. The normalized spacial score (nSPS) is 13.4. The molecule has 0 saturated heterocycles. The van der Waals surface area contributed by atoms with Gasteiger partial charge < -0.3 is 0 Å². The van der Waals surface area contributed by atoms with E-state index >= 15 is 0 Å². The van der Waals surface area contributed by atoms with Crippen LogP contribution in [0, 0.1) is 0 Å². The van der Waals surface area contributed by atoms with Gasteiger partial charge in [0.1, 0.15) is 0 Å². The Hall–Kier alpha value is -4.32. The highest BCUT2D eigenvalue weighted by Gasteiger charge is 2.48. The second-order valence-electron chi connectivity index (χ2n) is 12.0. The second kappa shape index (κ2) is 9.95. The van der Waals surface area contributed by atoms with E-state index in [2.05, 4.69) is 165 Å². The first-order chi connectivity index (χ1) is 20.0. The molecule has 3 heteroatoms. The summed E-state index contributed by atoms with van der Waals surface area (Å²) >= 11 is 0. The molecule has 1 aliphatic rings. The summed E-state index contributed by atoms with van der Waals surface area (Å²) in [5.41, 5.74) is 7.51. The zero-order valence-electron chi connectivity index (χ0n) is 23.8. The lowest BCUT2D eigenvalue weighted by molar-refractivity contribution is 1.34. The minimum absolute atomic E-state index is 1.04. The van der Waals surface area contributed by atoms with Crippen molar-refractivity contribution < 1.29 is 0 Å². The summed E-state index contributed by atoms with van der Waals surface area (Å²) < 4.78 is 0. The van der Waals surface area contributed by atoms with Crippen LogP contribution < -0.4 is 25.9 Å². The molecule has 0 saturated carbocycles. The quantitative estimate of drug-likeness (QED) is 0.225. The number of benzene rings is 5. The van der Waals surface area contributed by atoms with E-state index in [4.69, 9.17) is 4.98 Å². The van der Waals surface area contributed by atoms with Gasteiger partial charge >= 0.3 is 0 Å². The van der Waals surface area contributed by atoms with Crippen molar-refractivity contribution >= 4 is 42.1 Å². The van der Waals surface area contributed by atoms with E-state index in [1.165, 1.54) is 53.8 Å². The zero-order chi connectivity index (χ0) is 28.0. The smallest absolute Gasteiger partial charge is 0.180 e. The molecule has 0 amide bonds. The summed E-state index contributed by atoms with van der Waals surface area (Å²) in [5.74, 6) is 0. The minimum atomic E-state index is -2.53. The molecular weight excluding hydrogens is 527 g/mol. The van der Waals surface area contributed by atoms with Crippen molar-refractivity contribution in [3.8, 4) is 33.5 Å². The molecular formula is C38H33NSi2. The van der Waals surface area contributed by atoms with Gasteiger partial charge in [-0.2, -0.15) is 0 Å². The van der Waals surface area contributed by atoms with Crippen molar-refractivity contribution in [3.63, 3.8) is 0 Å². The first kappa shape index (κ1) is 25.6. The number of rotatable bonds is 5. The molecule has 5 aromatic carbocycles. The predicted molar refractivity (Wildman–Crippen MR) is 181 cm³/mol. The van der Waals surface area contributed by atoms with Crippen LogP contribution in [0.4, 0.5) is 0 Å². The molecule has 0 aliphatic carbocycles. The molecule has 6 aromatic rings. The molecule has 0 spiro atoms. The Labute approximate surface area is 245 Å². The largest absolute Gasteiger partial charge is 0.256 e. The van der Waals surface area contributed by atoms with Crippen LogP contribution in [0.3, 0.4) is 0 Å². The molecule has 0 radical (unpaired) electrons. The van der Waals surface area contributed by atoms with E-state index in [0.717, 1.165) is 5.69 Å². The third kappa shape index (κ3) is 4.16. The van der Waals surface area contributed by atoms with E-state index in [0.29, 0.717) is 0 Å². The fourth-order valence-corrected chi connectivity index (χ4v) is 13.4. The molecule has 198 valence electrons. The number of fused-ring (bicyclic) bond motifs is 3. The Bertz CT molecular complexity index is 1820. The van der Waals surface area contributed by atoms with Gasteiger partial charge in [0.05, 0.1) is 13.8 Å². The molecule has 2 heterocycles. The summed E-state index contributed by atoms with van der Waals surface area (Å²) in [4.78, 5) is 5.12. The third-order valence-corrected chi connectivity index (χ3v) is 15.4. The number of pyridine rings is 1. The molecule has 1 aromatic heterocycles. The second-order valence-corrected chi connectivity index (χ2v) is 20.8. The summed E-state index contributed by atoms with van der Waals surface area (Å²) in [7, 11) is -4.14. The Morgan fingerprint density at radius 3 is 1.68 bits per heavy atom. The van der Waals surface area contributed by atoms with Gasteiger partial charge in [-0.1, -0.05) is 153 Å². The van der Waals surface area contributed by atoms with Crippen molar-refractivity contribution in [2.75, 3.05) is 0 Å². The summed E-state index contributed by atoms with van der Waals surface area (Å²) in [6.07, 6.45) is 2.16. The monoisotopic (exact) mass is 559 g/mol. The summed E-state index contributed by atoms with van der Waals surface area (Å²) in [6, 6.07) is 51.7. The first-order valence-electron chi connectivity index (χ1n) is 14.4. The number of nitrogens with zero attached hydrogens (tertiary/aromatic N) is 1. The number of hydrogen-bond acceptors (Lipinski definition) is 1. The van der Waals surface area contributed by atoms with E-state index in [1.54, 1.807) is 0 Å². The molecule has 0 fully saturated rings. The Kier molecular flexibility index (Phi) is 6.22. The van der Waals surface area contributed by atoms with Gasteiger partial charge in [0.2, 0.25) is 0 Å². The van der Waals surface area contributed by atoms with Crippen molar-refractivity contribution in [2.45, 2.75) is 19.6 Å². The van der Waals surface area contributed by atoms with Crippen LogP contribution in [0.25, 0.3) is 33.5 Å². The van der Waals surface area contributed by atoms with Gasteiger partial charge in [0.25, 0.3) is 0 Å². The fourth-order valence-electron chi connectivity index (χ4n) is 6.67. The molecule has 0 bridgehead atoms. The Morgan fingerprint density at radius 1 is 0.488 bits per heavy atom. The van der Waals surface area contributed by atoms with Gasteiger partial charge in [-0.15, -0.1) is 0 Å². The number of aromatic nitrogens is 1. The van der Waals surface area contributed by atoms with Crippen molar-refractivity contribution in [2.24, 2.45) is 0 Å². The Balaban J connectivity index is 1.50. The van der Waals surface area contributed by atoms with Crippen LogP contribution in [-0.4, -0.2) is 21.1 Å². The number of hydrogen-bond donors (Lipinski definition) is 0. The fraction of sp³-hybridized carbons (Fsp3) is 0.0789. The SMILES string of the molecule is C[Si](C)(C)c1cnc(-c2ccc3c(c2)[Si](c2ccccc2)(c2ccccc2)c2ccccc2-3)cc1-c1ccccc1. The van der Waals surface area contributed by atoms with Gasteiger partial charge in [-0.3, -0.25) is 4.98 Å². The summed E-state index contributed by atoms with van der Waals surface area (Å²) in [5, 5.41) is 7.16. The lowest BCUT2D eigenvalue weighted by Gasteiger charge is -2.31. The highest BCUT2D eigenvalue weighted by atomic mass is 28.3. The maximum atomic E-state index is 5.12.